The number of nitro benzene ring substituents is 2. The van der Waals surface area contributed by atoms with E-state index in [0.717, 1.165) is 23.8 Å². The van der Waals surface area contributed by atoms with Gasteiger partial charge in [-0.05, 0) is 30.5 Å². The molecule has 0 saturated carbocycles. The Balaban J connectivity index is 1.57. The Morgan fingerprint density at radius 3 is 2.29 bits per heavy atom. The van der Waals surface area contributed by atoms with Gasteiger partial charge in [-0.25, -0.2) is 4.79 Å². The van der Waals surface area contributed by atoms with E-state index in [0.29, 0.717) is 16.6 Å². The smallest absolute Gasteiger partial charge is 0.339 e. The van der Waals surface area contributed by atoms with Crippen LogP contribution in [0.25, 0.3) is 11.0 Å². The highest BCUT2D eigenvalue weighted by Crippen LogP contribution is 2.42. The third-order valence-electron chi connectivity index (χ3n) is 6.61. The lowest BCUT2D eigenvalue weighted by molar-refractivity contribution is -0.394. The largest absolute Gasteiger partial charge is 0.493 e. The van der Waals surface area contributed by atoms with E-state index in [4.69, 9.17) is 18.6 Å². The Hall–Kier alpha value is -4.62. The van der Waals surface area contributed by atoms with E-state index < -0.39 is 50.4 Å². The van der Waals surface area contributed by atoms with Crippen LogP contribution in [-0.2, 0) is 16.1 Å². The summed E-state index contributed by atoms with van der Waals surface area (Å²) in [6.45, 7) is 0.228. The Kier molecular flexibility index (Phi) is 7.81. The van der Waals surface area contributed by atoms with Gasteiger partial charge in [0.25, 0.3) is 11.4 Å². The van der Waals surface area contributed by atoms with Gasteiger partial charge < -0.3 is 18.6 Å². The first-order valence-corrected chi connectivity index (χ1v) is 13.1. The fourth-order valence-electron chi connectivity index (χ4n) is 4.71. The minimum Gasteiger partial charge on any atom is -0.493 e. The molecule has 1 aliphatic carbocycles. The summed E-state index contributed by atoms with van der Waals surface area (Å²) >= 11 is 3.36. The lowest BCUT2D eigenvalue weighted by Crippen LogP contribution is -2.27. The van der Waals surface area contributed by atoms with Crippen LogP contribution in [0.3, 0.4) is 0 Å². The molecule has 13 heteroatoms. The molecule has 0 bridgehead atoms. The number of hydrogen-bond donors (Lipinski definition) is 0. The molecule has 0 fully saturated rings. The first kappa shape index (κ1) is 27.9. The van der Waals surface area contributed by atoms with Crippen molar-refractivity contribution in [1.29, 1.82) is 0 Å². The Bertz CT molecular complexity index is 1710. The standard InChI is InChI=1S/C28H21BrN2O10/c1-38-23-12-17(29)11-20-25(32)24-21(40-28(33)16-9-18(30(34)35)13-19(10-16)31(36)37)7-8-22(27(24)41-26(20)23)39-14-15-5-3-2-4-6-15/h2-6,9-13,21-22H,7-8,14H2,1H3/t21-,22-/m0/s1. The van der Waals surface area contributed by atoms with Crippen LogP contribution in [-0.4, -0.2) is 22.9 Å². The van der Waals surface area contributed by atoms with Gasteiger partial charge in [0.15, 0.2) is 16.8 Å². The molecule has 1 aromatic heterocycles. The van der Waals surface area contributed by atoms with Crippen molar-refractivity contribution in [1.82, 2.24) is 0 Å². The van der Waals surface area contributed by atoms with E-state index in [1.807, 2.05) is 30.3 Å². The Morgan fingerprint density at radius 2 is 1.66 bits per heavy atom. The van der Waals surface area contributed by atoms with Crippen LogP contribution >= 0.6 is 15.9 Å². The number of nitro groups is 2. The van der Waals surface area contributed by atoms with Gasteiger partial charge in [0, 0.05) is 16.6 Å². The van der Waals surface area contributed by atoms with Gasteiger partial charge in [-0.15, -0.1) is 0 Å². The molecule has 12 nitrogen and oxygen atoms in total. The molecule has 0 unspecified atom stereocenters. The summed E-state index contributed by atoms with van der Waals surface area (Å²) in [7, 11) is 1.44. The van der Waals surface area contributed by atoms with Crippen LogP contribution in [0.5, 0.6) is 5.75 Å². The average Bonchev–Trinajstić information content (AvgIpc) is 2.96. The maximum atomic E-state index is 13.9. The molecule has 2 atom stereocenters. The second-order valence-corrected chi connectivity index (χ2v) is 10.1. The average molecular weight is 625 g/mol. The molecule has 1 heterocycles. The summed E-state index contributed by atoms with van der Waals surface area (Å²) in [4.78, 5) is 47.9. The lowest BCUT2D eigenvalue weighted by Gasteiger charge is -2.30. The number of benzene rings is 3. The third-order valence-corrected chi connectivity index (χ3v) is 7.07. The lowest BCUT2D eigenvalue weighted by atomic mass is 9.90. The Morgan fingerprint density at radius 1 is 1.00 bits per heavy atom. The monoisotopic (exact) mass is 624 g/mol. The molecule has 4 aromatic rings. The van der Waals surface area contributed by atoms with Crippen molar-refractivity contribution in [2.75, 3.05) is 7.11 Å². The molecule has 0 radical (unpaired) electrons. The maximum absolute atomic E-state index is 13.9. The SMILES string of the molecule is COc1cc(Br)cc2c(=O)c3c(oc12)[C@@H](OCc1ccccc1)CC[C@@H]3OC(=O)c1cc([N+](=O)[O-])cc([N+](=O)[O-])c1. The van der Waals surface area contributed by atoms with Crippen molar-refractivity contribution in [2.24, 2.45) is 0 Å². The van der Waals surface area contributed by atoms with Gasteiger partial charge in [0.1, 0.15) is 18.0 Å². The van der Waals surface area contributed by atoms with Crippen LogP contribution in [0.2, 0.25) is 0 Å². The zero-order valence-corrected chi connectivity index (χ0v) is 23.0. The summed E-state index contributed by atoms with van der Waals surface area (Å²) in [6.07, 6.45) is -1.31. The number of non-ortho nitro benzene ring substituents is 2. The highest BCUT2D eigenvalue weighted by atomic mass is 79.9. The van der Waals surface area contributed by atoms with Crippen LogP contribution in [0.1, 0.15) is 52.3 Å². The number of hydrogen-bond acceptors (Lipinski definition) is 10. The van der Waals surface area contributed by atoms with E-state index in [1.54, 1.807) is 12.1 Å². The summed E-state index contributed by atoms with van der Waals surface area (Å²) < 4.78 is 24.0. The number of halogens is 1. The molecule has 0 amide bonds. The second-order valence-electron chi connectivity index (χ2n) is 9.20. The summed E-state index contributed by atoms with van der Waals surface area (Å²) in [6, 6.07) is 15.1. The number of fused-ring (bicyclic) bond motifs is 2. The molecule has 0 spiro atoms. The molecule has 3 aromatic carbocycles. The third kappa shape index (κ3) is 5.67. The fraction of sp³-hybridized carbons (Fsp3) is 0.214. The quantitative estimate of drug-likeness (QED) is 0.123. The number of methoxy groups -OCH3 is 1. The molecule has 1 aliphatic rings. The van der Waals surface area contributed by atoms with Gasteiger partial charge in [0.2, 0.25) is 0 Å². The van der Waals surface area contributed by atoms with E-state index in [1.165, 1.54) is 7.11 Å². The topological polar surface area (TPSA) is 161 Å². The zero-order valence-electron chi connectivity index (χ0n) is 21.4. The van der Waals surface area contributed by atoms with E-state index in [9.17, 15) is 29.8 Å². The van der Waals surface area contributed by atoms with Gasteiger partial charge in [-0.2, -0.15) is 0 Å². The summed E-state index contributed by atoms with van der Waals surface area (Å²) in [5.41, 5.74) is -1.02. The van der Waals surface area contributed by atoms with Gasteiger partial charge in [0.05, 0.1) is 46.1 Å². The summed E-state index contributed by atoms with van der Waals surface area (Å²) in [5, 5.41) is 22.8. The number of carbonyl (C=O) groups excluding carboxylic acids is 1. The van der Waals surface area contributed by atoms with Crippen LogP contribution in [0.15, 0.2) is 74.3 Å². The molecule has 0 N–H and O–H groups in total. The molecule has 5 rings (SSSR count). The fourth-order valence-corrected chi connectivity index (χ4v) is 5.14. The van der Waals surface area contributed by atoms with E-state index in [2.05, 4.69) is 15.9 Å². The number of ether oxygens (including phenoxy) is 3. The van der Waals surface area contributed by atoms with Gasteiger partial charge >= 0.3 is 5.97 Å². The van der Waals surface area contributed by atoms with E-state index in [-0.39, 0.29) is 35.3 Å². The molecule has 41 heavy (non-hydrogen) atoms. The predicted molar refractivity (Wildman–Crippen MR) is 148 cm³/mol. The minimum atomic E-state index is -1.11. The zero-order chi connectivity index (χ0) is 29.3. The molecule has 0 saturated heterocycles. The first-order chi connectivity index (χ1) is 19.7. The van der Waals surface area contributed by atoms with Crippen molar-refractivity contribution in [3.63, 3.8) is 0 Å². The molecular formula is C28H21BrN2O10. The molecule has 0 aliphatic heterocycles. The highest BCUT2D eigenvalue weighted by molar-refractivity contribution is 9.10. The van der Waals surface area contributed by atoms with Crippen molar-refractivity contribution in [2.45, 2.75) is 31.7 Å². The molecule has 210 valence electrons. The Labute approximate surface area is 239 Å². The number of rotatable bonds is 8. The normalized spacial score (nSPS) is 16.1. The van der Waals surface area contributed by atoms with Crippen LogP contribution < -0.4 is 10.2 Å². The van der Waals surface area contributed by atoms with E-state index >= 15 is 0 Å². The summed E-state index contributed by atoms with van der Waals surface area (Å²) in [5.74, 6) is -0.602. The van der Waals surface area contributed by atoms with Crippen molar-refractivity contribution in [3.05, 3.63) is 118 Å². The first-order valence-electron chi connectivity index (χ1n) is 12.3. The van der Waals surface area contributed by atoms with Gasteiger partial charge in [-0.3, -0.25) is 25.0 Å². The molecular weight excluding hydrogens is 604 g/mol. The second kappa shape index (κ2) is 11.5. The highest BCUT2D eigenvalue weighted by Gasteiger charge is 2.37. The van der Waals surface area contributed by atoms with Crippen molar-refractivity contribution < 1.29 is 33.3 Å². The number of carbonyl (C=O) groups is 1. The predicted octanol–water partition coefficient (Wildman–Crippen LogP) is 6.33. The number of esters is 1. The minimum absolute atomic E-state index is 0.0512. The number of nitrogens with zero attached hydrogens (tertiary/aromatic N) is 2. The van der Waals surface area contributed by atoms with Crippen LogP contribution in [0.4, 0.5) is 11.4 Å². The van der Waals surface area contributed by atoms with Crippen LogP contribution in [0, 0.1) is 20.2 Å². The van der Waals surface area contributed by atoms with Crippen molar-refractivity contribution in [3.8, 4) is 5.75 Å². The van der Waals surface area contributed by atoms with Gasteiger partial charge in [-0.1, -0.05) is 46.3 Å². The maximum Gasteiger partial charge on any atom is 0.339 e. The van der Waals surface area contributed by atoms with Crippen molar-refractivity contribution >= 4 is 44.2 Å².